The Kier molecular flexibility index (Phi) is 57.2. The van der Waals surface area contributed by atoms with Crippen molar-refractivity contribution in [2.24, 2.45) is 0 Å². The number of rotatable bonds is 57. The second-order valence-electron chi connectivity index (χ2n) is 21.0. The van der Waals surface area contributed by atoms with E-state index in [4.69, 9.17) is 14.2 Å². The van der Waals surface area contributed by atoms with Gasteiger partial charge in [0.15, 0.2) is 6.10 Å². The molecule has 6 nitrogen and oxygen atoms in total. The van der Waals surface area contributed by atoms with Gasteiger partial charge in [-0.25, -0.2) is 0 Å². The molecule has 0 aromatic heterocycles. The SMILES string of the molecule is CCCC/C=C\C/C=C\CCCCCCCC(=O)OC(COC(=O)CCCCCCCCCCCCC)COC(=O)CCCCCCCCCCCCCCCCC/C=C\CCCCCCCCCC. The molecule has 0 spiro atoms. The van der Waals surface area contributed by atoms with Crippen molar-refractivity contribution >= 4 is 17.9 Å². The molecule has 0 heterocycles. The second-order valence-corrected chi connectivity index (χ2v) is 21.0. The Morgan fingerprint density at radius 3 is 0.843 bits per heavy atom. The van der Waals surface area contributed by atoms with E-state index in [0.717, 1.165) is 83.5 Å². The molecule has 0 aliphatic rings. The fourth-order valence-electron chi connectivity index (χ4n) is 9.16. The highest BCUT2D eigenvalue weighted by Gasteiger charge is 2.19. The standard InChI is InChI=1S/C64H118O6/c1-4-7-10-13-16-19-22-24-26-27-28-29-30-31-32-33-34-35-36-37-38-40-42-45-48-51-54-57-63(66)69-60-61(59-68-62(65)56-53-50-47-44-41-21-18-15-12-9-6-3)70-64(67)58-55-52-49-46-43-39-25-23-20-17-14-11-8-5-2/h14,17,23,25,27-28,61H,4-13,15-16,18-22,24,26,29-60H2,1-3H3/b17-14-,25-23-,28-27-. The number of hydrogen-bond acceptors (Lipinski definition) is 6. The van der Waals surface area contributed by atoms with Gasteiger partial charge in [-0.3, -0.25) is 14.4 Å². The molecule has 1 unspecified atom stereocenters. The summed E-state index contributed by atoms with van der Waals surface area (Å²) in [6.07, 6.45) is 71.6. The molecule has 0 saturated carbocycles. The van der Waals surface area contributed by atoms with Crippen LogP contribution < -0.4 is 0 Å². The number of unbranched alkanes of at least 4 members (excludes halogenated alkanes) is 40. The number of ether oxygens (including phenoxy) is 3. The van der Waals surface area contributed by atoms with Crippen molar-refractivity contribution in [1.29, 1.82) is 0 Å². The smallest absolute Gasteiger partial charge is 0.306 e. The molecule has 1 atom stereocenters. The topological polar surface area (TPSA) is 78.9 Å². The molecule has 0 aromatic rings. The molecule has 0 fully saturated rings. The lowest BCUT2D eigenvalue weighted by molar-refractivity contribution is -0.167. The summed E-state index contributed by atoms with van der Waals surface area (Å²) in [6, 6.07) is 0. The van der Waals surface area contributed by atoms with Crippen LogP contribution in [0.4, 0.5) is 0 Å². The van der Waals surface area contributed by atoms with Crippen LogP contribution in [0, 0.1) is 0 Å². The van der Waals surface area contributed by atoms with Gasteiger partial charge in [0, 0.05) is 19.3 Å². The zero-order valence-corrected chi connectivity index (χ0v) is 47.1. The number of esters is 3. The van der Waals surface area contributed by atoms with Crippen LogP contribution in [0.5, 0.6) is 0 Å². The zero-order chi connectivity index (χ0) is 50.7. The highest BCUT2D eigenvalue weighted by Crippen LogP contribution is 2.17. The van der Waals surface area contributed by atoms with Gasteiger partial charge in [-0.1, -0.05) is 282 Å². The zero-order valence-electron chi connectivity index (χ0n) is 47.1. The summed E-state index contributed by atoms with van der Waals surface area (Å²) in [5, 5.41) is 0. The lowest BCUT2D eigenvalue weighted by Crippen LogP contribution is -2.30. The molecule has 0 aliphatic heterocycles. The first-order valence-corrected chi connectivity index (χ1v) is 31.0. The van der Waals surface area contributed by atoms with E-state index in [1.54, 1.807) is 0 Å². The lowest BCUT2D eigenvalue weighted by atomic mass is 10.0. The molecule has 0 saturated heterocycles. The van der Waals surface area contributed by atoms with Gasteiger partial charge < -0.3 is 14.2 Å². The molecule has 0 N–H and O–H groups in total. The van der Waals surface area contributed by atoms with Gasteiger partial charge in [0.25, 0.3) is 0 Å². The summed E-state index contributed by atoms with van der Waals surface area (Å²) in [5.74, 6) is -0.870. The van der Waals surface area contributed by atoms with Crippen LogP contribution in [-0.4, -0.2) is 37.2 Å². The highest BCUT2D eigenvalue weighted by atomic mass is 16.6. The predicted molar refractivity (Wildman–Crippen MR) is 302 cm³/mol. The monoisotopic (exact) mass is 983 g/mol. The quantitative estimate of drug-likeness (QED) is 0.0261. The first-order chi connectivity index (χ1) is 34.5. The number of hydrogen-bond donors (Lipinski definition) is 0. The van der Waals surface area contributed by atoms with Crippen molar-refractivity contribution in [3.05, 3.63) is 36.5 Å². The van der Waals surface area contributed by atoms with Crippen LogP contribution in [0.3, 0.4) is 0 Å². The van der Waals surface area contributed by atoms with Gasteiger partial charge in [0.1, 0.15) is 13.2 Å². The van der Waals surface area contributed by atoms with Crippen molar-refractivity contribution in [1.82, 2.24) is 0 Å². The fourth-order valence-corrected chi connectivity index (χ4v) is 9.16. The number of allylic oxidation sites excluding steroid dienone is 6. The largest absolute Gasteiger partial charge is 0.462 e. The molecule has 0 radical (unpaired) electrons. The minimum atomic E-state index is -0.775. The van der Waals surface area contributed by atoms with Crippen molar-refractivity contribution < 1.29 is 28.6 Å². The summed E-state index contributed by atoms with van der Waals surface area (Å²) in [7, 11) is 0. The predicted octanol–water partition coefficient (Wildman–Crippen LogP) is 20.8. The van der Waals surface area contributed by atoms with Crippen LogP contribution >= 0.6 is 0 Å². The summed E-state index contributed by atoms with van der Waals surface area (Å²) in [6.45, 7) is 6.62. The minimum absolute atomic E-state index is 0.0737. The Balaban J connectivity index is 4.15. The van der Waals surface area contributed by atoms with Crippen molar-refractivity contribution in [3.8, 4) is 0 Å². The maximum absolute atomic E-state index is 12.8. The Bertz CT molecular complexity index is 1170. The van der Waals surface area contributed by atoms with Gasteiger partial charge in [0.05, 0.1) is 0 Å². The average Bonchev–Trinajstić information content (AvgIpc) is 3.36. The maximum atomic E-state index is 12.8. The third-order valence-corrected chi connectivity index (χ3v) is 13.9. The van der Waals surface area contributed by atoms with E-state index in [-0.39, 0.29) is 31.1 Å². The first-order valence-electron chi connectivity index (χ1n) is 31.0. The summed E-state index contributed by atoms with van der Waals surface area (Å²) in [4.78, 5) is 38.1. The Hall–Kier alpha value is -2.37. The van der Waals surface area contributed by atoms with Crippen LogP contribution in [0.15, 0.2) is 36.5 Å². The van der Waals surface area contributed by atoms with Crippen LogP contribution in [-0.2, 0) is 28.6 Å². The van der Waals surface area contributed by atoms with Crippen molar-refractivity contribution in [2.75, 3.05) is 13.2 Å². The number of carbonyl (C=O) groups excluding carboxylic acids is 3. The molecule has 6 heteroatoms. The third kappa shape index (κ3) is 56.5. The van der Waals surface area contributed by atoms with Gasteiger partial charge in [0.2, 0.25) is 0 Å². The summed E-state index contributed by atoms with van der Waals surface area (Å²) >= 11 is 0. The Morgan fingerprint density at radius 1 is 0.286 bits per heavy atom. The lowest BCUT2D eigenvalue weighted by Gasteiger charge is -2.18. The van der Waals surface area contributed by atoms with E-state index < -0.39 is 6.10 Å². The molecule has 0 aromatic carbocycles. The average molecular weight is 984 g/mol. The normalized spacial score (nSPS) is 12.2. The molecular weight excluding hydrogens is 865 g/mol. The van der Waals surface area contributed by atoms with E-state index in [2.05, 4.69) is 57.2 Å². The van der Waals surface area contributed by atoms with E-state index in [0.29, 0.717) is 19.3 Å². The molecule has 0 aliphatic carbocycles. The third-order valence-electron chi connectivity index (χ3n) is 13.9. The number of carbonyl (C=O) groups is 3. The first kappa shape index (κ1) is 67.6. The highest BCUT2D eigenvalue weighted by molar-refractivity contribution is 5.71. The van der Waals surface area contributed by atoms with Crippen LogP contribution in [0.25, 0.3) is 0 Å². The molecular formula is C64H118O6. The van der Waals surface area contributed by atoms with Crippen LogP contribution in [0.1, 0.15) is 335 Å². The van der Waals surface area contributed by atoms with Crippen molar-refractivity contribution in [3.63, 3.8) is 0 Å². The van der Waals surface area contributed by atoms with Crippen molar-refractivity contribution in [2.45, 2.75) is 341 Å². The Labute approximate surface area is 435 Å². The summed E-state index contributed by atoms with van der Waals surface area (Å²) < 4.78 is 16.9. The molecule has 0 amide bonds. The van der Waals surface area contributed by atoms with E-state index in [1.807, 2.05) is 0 Å². The molecule has 410 valence electrons. The molecule has 0 rings (SSSR count). The van der Waals surface area contributed by atoms with Gasteiger partial charge in [-0.05, 0) is 70.6 Å². The molecule has 0 bridgehead atoms. The van der Waals surface area contributed by atoms with E-state index in [1.165, 1.54) is 212 Å². The molecule has 70 heavy (non-hydrogen) atoms. The second kappa shape index (κ2) is 59.2. The minimum Gasteiger partial charge on any atom is -0.462 e. The fraction of sp³-hybridized carbons (Fsp3) is 0.859. The Morgan fingerprint density at radius 2 is 0.529 bits per heavy atom. The van der Waals surface area contributed by atoms with E-state index in [9.17, 15) is 14.4 Å². The van der Waals surface area contributed by atoms with Gasteiger partial charge in [-0.2, -0.15) is 0 Å². The summed E-state index contributed by atoms with van der Waals surface area (Å²) in [5.41, 5.74) is 0. The van der Waals surface area contributed by atoms with Gasteiger partial charge in [-0.15, -0.1) is 0 Å². The van der Waals surface area contributed by atoms with E-state index >= 15 is 0 Å². The van der Waals surface area contributed by atoms with Crippen LogP contribution in [0.2, 0.25) is 0 Å². The van der Waals surface area contributed by atoms with Gasteiger partial charge >= 0.3 is 17.9 Å². The maximum Gasteiger partial charge on any atom is 0.306 e.